The summed E-state index contributed by atoms with van der Waals surface area (Å²) in [7, 11) is 0. The number of rotatable bonds is 0. The van der Waals surface area contributed by atoms with Gasteiger partial charge in [0, 0.05) is 17.8 Å². The molecule has 60 valence electrons. The van der Waals surface area contributed by atoms with Gasteiger partial charge in [-0.15, -0.1) is 11.3 Å². The zero-order valence-corrected chi connectivity index (χ0v) is 7.85. The molecular formula is C8H12N2S. The number of fused-ring (bicyclic) bond motifs is 1. The highest BCUT2D eigenvalue weighted by Gasteiger charge is 1.94. The molecule has 0 aliphatic carbocycles. The number of nitrogens with zero attached hydrogens (tertiary/aromatic N) is 2. The predicted octanol–water partition coefficient (Wildman–Crippen LogP) is 2.73. The highest BCUT2D eigenvalue weighted by molar-refractivity contribution is 7.15. The van der Waals surface area contributed by atoms with Gasteiger partial charge >= 0.3 is 0 Å². The van der Waals surface area contributed by atoms with Crippen LogP contribution in [0.1, 0.15) is 19.5 Å². The summed E-state index contributed by atoms with van der Waals surface area (Å²) in [4.78, 5) is 5.33. The molecule has 0 saturated heterocycles. The van der Waals surface area contributed by atoms with Crippen molar-refractivity contribution in [1.82, 2.24) is 9.38 Å². The molecule has 2 nitrogen and oxygen atoms in total. The number of hydrogen-bond donors (Lipinski definition) is 0. The molecule has 0 aliphatic rings. The molecule has 0 aromatic carbocycles. The maximum Gasteiger partial charge on any atom is 0.193 e. The zero-order valence-electron chi connectivity index (χ0n) is 7.03. The van der Waals surface area contributed by atoms with Gasteiger partial charge in [-0.3, -0.25) is 4.40 Å². The standard InChI is InChI=1S/C6H6N2S.C2H6/c1-5-4-8-2-3-9-6(8)7-5;1-2/h2-4H,1H3;1-2H3. The average Bonchev–Trinajstić information content (AvgIpc) is 2.51. The minimum atomic E-state index is 1.08. The van der Waals surface area contributed by atoms with Crippen molar-refractivity contribution in [3.63, 3.8) is 0 Å². The quantitative estimate of drug-likeness (QED) is 0.591. The number of aromatic nitrogens is 2. The van der Waals surface area contributed by atoms with E-state index in [1.807, 2.05) is 42.9 Å². The van der Waals surface area contributed by atoms with Crippen LogP contribution in [0.25, 0.3) is 4.96 Å². The van der Waals surface area contributed by atoms with Crippen LogP contribution < -0.4 is 0 Å². The summed E-state index contributed by atoms with van der Waals surface area (Å²) in [5, 5.41) is 2.03. The first kappa shape index (κ1) is 8.27. The van der Waals surface area contributed by atoms with Gasteiger partial charge in [-0.05, 0) is 6.92 Å². The van der Waals surface area contributed by atoms with E-state index in [1.165, 1.54) is 0 Å². The Balaban J connectivity index is 0.000000281. The lowest BCUT2D eigenvalue weighted by atomic mass is 10.6. The Hall–Kier alpha value is -0.830. The second kappa shape index (κ2) is 3.53. The Morgan fingerprint density at radius 1 is 1.45 bits per heavy atom. The van der Waals surface area contributed by atoms with Crippen LogP contribution in [0.2, 0.25) is 0 Å². The second-order valence-electron chi connectivity index (χ2n) is 1.98. The molecule has 0 radical (unpaired) electrons. The van der Waals surface area contributed by atoms with Gasteiger partial charge < -0.3 is 0 Å². The second-order valence-corrected chi connectivity index (χ2v) is 2.85. The number of imidazole rings is 1. The molecule has 0 bridgehead atoms. The summed E-state index contributed by atoms with van der Waals surface area (Å²) >= 11 is 1.66. The topological polar surface area (TPSA) is 17.3 Å². The lowest BCUT2D eigenvalue weighted by Crippen LogP contribution is -1.66. The van der Waals surface area contributed by atoms with Crippen molar-refractivity contribution in [1.29, 1.82) is 0 Å². The van der Waals surface area contributed by atoms with E-state index in [1.54, 1.807) is 11.3 Å². The minimum absolute atomic E-state index is 1.08. The highest BCUT2D eigenvalue weighted by Crippen LogP contribution is 2.09. The Labute approximate surface area is 70.5 Å². The van der Waals surface area contributed by atoms with E-state index < -0.39 is 0 Å². The molecule has 0 saturated carbocycles. The molecule has 0 atom stereocenters. The molecule has 0 unspecified atom stereocenters. The molecule has 2 heterocycles. The Bertz CT molecular complexity index is 293. The van der Waals surface area contributed by atoms with Crippen LogP contribution in [-0.2, 0) is 0 Å². The van der Waals surface area contributed by atoms with Gasteiger partial charge in [-0.1, -0.05) is 13.8 Å². The van der Waals surface area contributed by atoms with E-state index in [9.17, 15) is 0 Å². The van der Waals surface area contributed by atoms with Crippen LogP contribution in [0.4, 0.5) is 0 Å². The van der Waals surface area contributed by atoms with Crippen LogP contribution in [0.5, 0.6) is 0 Å². The van der Waals surface area contributed by atoms with Crippen molar-refractivity contribution >= 4 is 16.3 Å². The summed E-state index contributed by atoms with van der Waals surface area (Å²) in [6.45, 7) is 6.00. The largest absolute Gasteiger partial charge is 0.297 e. The van der Waals surface area contributed by atoms with Gasteiger partial charge in [0.05, 0.1) is 5.69 Å². The van der Waals surface area contributed by atoms with Crippen molar-refractivity contribution in [2.24, 2.45) is 0 Å². The molecule has 0 spiro atoms. The Morgan fingerprint density at radius 3 is 2.82 bits per heavy atom. The van der Waals surface area contributed by atoms with E-state index >= 15 is 0 Å². The molecular weight excluding hydrogens is 156 g/mol. The minimum Gasteiger partial charge on any atom is -0.297 e. The molecule has 0 amide bonds. The fraction of sp³-hybridized carbons (Fsp3) is 0.375. The number of hydrogen-bond acceptors (Lipinski definition) is 2. The first-order valence-electron chi connectivity index (χ1n) is 3.75. The Kier molecular flexibility index (Phi) is 2.65. The van der Waals surface area contributed by atoms with Crippen molar-refractivity contribution < 1.29 is 0 Å². The molecule has 2 aromatic heterocycles. The molecule has 3 heteroatoms. The SMILES string of the molecule is CC.Cc1cn2ccsc2n1. The summed E-state index contributed by atoms with van der Waals surface area (Å²) in [6, 6.07) is 0. The average molecular weight is 168 g/mol. The molecule has 0 fully saturated rings. The number of thiazole rings is 1. The van der Waals surface area contributed by atoms with Crippen LogP contribution in [-0.4, -0.2) is 9.38 Å². The molecule has 0 aliphatic heterocycles. The lowest BCUT2D eigenvalue weighted by molar-refractivity contribution is 1.22. The van der Waals surface area contributed by atoms with E-state index in [-0.39, 0.29) is 0 Å². The van der Waals surface area contributed by atoms with Crippen LogP contribution >= 0.6 is 11.3 Å². The fourth-order valence-corrected chi connectivity index (χ4v) is 1.59. The first-order valence-corrected chi connectivity index (χ1v) is 4.63. The summed E-state index contributed by atoms with van der Waals surface area (Å²) < 4.78 is 2.03. The van der Waals surface area contributed by atoms with Crippen LogP contribution in [0, 0.1) is 6.92 Å². The normalized spacial score (nSPS) is 9.36. The maximum absolute atomic E-state index is 4.25. The van der Waals surface area contributed by atoms with E-state index in [2.05, 4.69) is 4.98 Å². The van der Waals surface area contributed by atoms with Crippen molar-refractivity contribution in [3.8, 4) is 0 Å². The third-order valence-corrected chi connectivity index (χ3v) is 1.98. The maximum atomic E-state index is 4.25. The monoisotopic (exact) mass is 168 g/mol. The predicted molar refractivity (Wildman–Crippen MR) is 49.2 cm³/mol. The summed E-state index contributed by atoms with van der Waals surface area (Å²) in [5.74, 6) is 0. The lowest BCUT2D eigenvalue weighted by Gasteiger charge is -1.72. The molecule has 2 aromatic rings. The Morgan fingerprint density at radius 2 is 2.18 bits per heavy atom. The van der Waals surface area contributed by atoms with Gasteiger partial charge in [-0.2, -0.15) is 0 Å². The molecule has 0 N–H and O–H groups in total. The van der Waals surface area contributed by atoms with E-state index in [4.69, 9.17) is 0 Å². The van der Waals surface area contributed by atoms with Crippen LogP contribution in [0.15, 0.2) is 17.8 Å². The van der Waals surface area contributed by atoms with Crippen molar-refractivity contribution in [2.45, 2.75) is 20.8 Å². The van der Waals surface area contributed by atoms with Gasteiger partial charge in [0.25, 0.3) is 0 Å². The van der Waals surface area contributed by atoms with Gasteiger partial charge in [0.2, 0.25) is 0 Å². The van der Waals surface area contributed by atoms with Crippen molar-refractivity contribution in [3.05, 3.63) is 23.5 Å². The fourth-order valence-electron chi connectivity index (χ4n) is 0.845. The van der Waals surface area contributed by atoms with Crippen LogP contribution in [0.3, 0.4) is 0 Å². The summed E-state index contributed by atoms with van der Waals surface area (Å²) in [6.07, 6.45) is 4.03. The van der Waals surface area contributed by atoms with E-state index in [0.29, 0.717) is 0 Å². The number of aryl methyl sites for hydroxylation is 1. The third-order valence-electron chi connectivity index (χ3n) is 1.21. The molecule has 2 rings (SSSR count). The van der Waals surface area contributed by atoms with Crippen molar-refractivity contribution in [2.75, 3.05) is 0 Å². The van der Waals surface area contributed by atoms with Gasteiger partial charge in [-0.25, -0.2) is 4.98 Å². The van der Waals surface area contributed by atoms with Gasteiger partial charge in [0.1, 0.15) is 0 Å². The third kappa shape index (κ3) is 1.60. The zero-order chi connectivity index (χ0) is 8.27. The summed E-state index contributed by atoms with van der Waals surface area (Å²) in [5.41, 5.74) is 1.09. The highest BCUT2D eigenvalue weighted by atomic mass is 32.1. The van der Waals surface area contributed by atoms with Gasteiger partial charge in [0.15, 0.2) is 4.96 Å². The smallest absolute Gasteiger partial charge is 0.193 e. The molecule has 11 heavy (non-hydrogen) atoms. The first-order chi connectivity index (χ1) is 5.36. The van der Waals surface area contributed by atoms with E-state index in [0.717, 1.165) is 10.7 Å².